The zero-order valence-electron chi connectivity index (χ0n) is 16.5. The van der Waals surface area contributed by atoms with Gasteiger partial charge in [0.2, 0.25) is 5.91 Å². The molecule has 4 rings (SSSR count). The quantitative estimate of drug-likeness (QED) is 0.890. The van der Waals surface area contributed by atoms with Crippen molar-refractivity contribution in [3.63, 3.8) is 0 Å². The summed E-state index contributed by atoms with van der Waals surface area (Å²) in [5, 5.41) is 3.09. The van der Waals surface area contributed by atoms with E-state index in [1.54, 1.807) is 0 Å². The van der Waals surface area contributed by atoms with Crippen LogP contribution in [-0.2, 0) is 4.79 Å². The van der Waals surface area contributed by atoms with Crippen molar-refractivity contribution < 1.29 is 9.59 Å². The molecule has 1 aromatic rings. The maximum absolute atomic E-state index is 13.0. The molecule has 0 spiro atoms. The van der Waals surface area contributed by atoms with E-state index in [1.807, 2.05) is 30.0 Å². The molecule has 0 aromatic heterocycles. The highest BCUT2D eigenvalue weighted by Crippen LogP contribution is 2.38. The largest absolute Gasteiger partial charge is 0.338 e. The van der Waals surface area contributed by atoms with Crippen LogP contribution in [0.25, 0.3) is 0 Å². The van der Waals surface area contributed by atoms with Crippen LogP contribution in [0.5, 0.6) is 0 Å². The first-order valence-corrected chi connectivity index (χ1v) is 10.4. The minimum absolute atomic E-state index is 0.0282. The normalized spacial score (nSPS) is 28.2. The third-order valence-corrected chi connectivity index (χ3v) is 6.75. The van der Waals surface area contributed by atoms with Crippen molar-refractivity contribution >= 4 is 17.5 Å². The van der Waals surface area contributed by atoms with Crippen molar-refractivity contribution in [1.82, 2.24) is 9.80 Å². The zero-order chi connectivity index (χ0) is 19.0. The van der Waals surface area contributed by atoms with E-state index in [2.05, 4.69) is 17.3 Å². The number of nitrogens with zero attached hydrogens (tertiary/aromatic N) is 2. The Morgan fingerprint density at radius 1 is 1.04 bits per heavy atom. The minimum Gasteiger partial charge on any atom is -0.338 e. The van der Waals surface area contributed by atoms with Crippen molar-refractivity contribution in [2.45, 2.75) is 39.0 Å². The van der Waals surface area contributed by atoms with Gasteiger partial charge < -0.3 is 15.1 Å². The van der Waals surface area contributed by atoms with Gasteiger partial charge in [0, 0.05) is 30.9 Å². The number of fused-ring (bicyclic) bond motifs is 1. The van der Waals surface area contributed by atoms with Crippen LogP contribution in [0.4, 0.5) is 5.69 Å². The predicted molar refractivity (Wildman–Crippen MR) is 107 cm³/mol. The van der Waals surface area contributed by atoms with E-state index < -0.39 is 0 Å². The van der Waals surface area contributed by atoms with Crippen LogP contribution in [0, 0.1) is 24.7 Å². The molecule has 27 heavy (non-hydrogen) atoms. The van der Waals surface area contributed by atoms with Crippen LogP contribution in [-0.4, -0.2) is 54.8 Å². The molecule has 3 fully saturated rings. The lowest BCUT2D eigenvalue weighted by atomic mass is 9.97. The Morgan fingerprint density at radius 2 is 1.78 bits per heavy atom. The number of aryl methyl sites for hydroxylation is 1. The topological polar surface area (TPSA) is 52.7 Å². The number of hydrogen-bond donors (Lipinski definition) is 1. The number of benzene rings is 1. The number of likely N-dealkylation sites (tertiary alicyclic amines) is 2. The van der Waals surface area contributed by atoms with Gasteiger partial charge in [-0.05, 0) is 75.7 Å². The molecule has 2 saturated heterocycles. The van der Waals surface area contributed by atoms with Gasteiger partial charge in [0.05, 0.1) is 5.92 Å². The van der Waals surface area contributed by atoms with Crippen molar-refractivity contribution in [3.8, 4) is 0 Å². The number of carbonyl (C=O) groups excluding carboxylic acids is 2. The third kappa shape index (κ3) is 3.88. The van der Waals surface area contributed by atoms with E-state index in [9.17, 15) is 9.59 Å². The average molecular weight is 370 g/mol. The van der Waals surface area contributed by atoms with Gasteiger partial charge in [-0.15, -0.1) is 0 Å². The molecule has 3 aliphatic rings. The fourth-order valence-corrected chi connectivity index (χ4v) is 5.09. The van der Waals surface area contributed by atoms with Gasteiger partial charge in [-0.1, -0.05) is 12.5 Å². The van der Waals surface area contributed by atoms with E-state index >= 15 is 0 Å². The SMILES string of the molecule is Cc1ccc(C(=O)N2C[C@H]3CCC[C@H]3C2)cc1NC(=O)C1CCCN(C)C1. The summed E-state index contributed by atoms with van der Waals surface area (Å²) in [5.41, 5.74) is 2.47. The molecule has 146 valence electrons. The lowest BCUT2D eigenvalue weighted by Gasteiger charge is -2.29. The van der Waals surface area contributed by atoms with Gasteiger partial charge in [-0.25, -0.2) is 0 Å². The fourth-order valence-electron chi connectivity index (χ4n) is 5.09. The minimum atomic E-state index is 0.0282. The average Bonchev–Trinajstić information content (AvgIpc) is 3.25. The van der Waals surface area contributed by atoms with Crippen LogP contribution in [0.3, 0.4) is 0 Å². The number of anilines is 1. The summed E-state index contributed by atoms with van der Waals surface area (Å²) in [6.07, 6.45) is 5.83. The first-order chi connectivity index (χ1) is 13.0. The Kier molecular flexibility index (Phi) is 5.22. The highest BCUT2D eigenvalue weighted by atomic mass is 16.2. The summed E-state index contributed by atoms with van der Waals surface area (Å²) in [5.74, 6) is 1.60. The lowest BCUT2D eigenvalue weighted by molar-refractivity contribution is -0.121. The van der Waals surface area contributed by atoms with Crippen LogP contribution in [0.1, 0.15) is 48.0 Å². The number of hydrogen-bond acceptors (Lipinski definition) is 3. The molecule has 0 bridgehead atoms. The summed E-state index contributed by atoms with van der Waals surface area (Å²) in [6.45, 7) is 5.64. The molecule has 2 heterocycles. The van der Waals surface area contributed by atoms with Gasteiger partial charge in [0.1, 0.15) is 0 Å². The van der Waals surface area contributed by atoms with E-state index in [-0.39, 0.29) is 17.7 Å². The number of amides is 2. The van der Waals surface area contributed by atoms with E-state index in [0.29, 0.717) is 17.4 Å². The Labute approximate surface area is 162 Å². The smallest absolute Gasteiger partial charge is 0.253 e. The Bertz CT molecular complexity index is 720. The first-order valence-electron chi connectivity index (χ1n) is 10.4. The van der Waals surface area contributed by atoms with Gasteiger partial charge in [-0.3, -0.25) is 9.59 Å². The van der Waals surface area contributed by atoms with Gasteiger partial charge in [0.25, 0.3) is 5.91 Å². The standard InChI is InChI=1S/C22H31N3O2/c1-15-8-9-16(22(27)25-13-17-5-3-6-18(17)14-25)11-20(15)23-21(26)19-7-4-10-24(2)12-19/h8-9,11,17-19H,3-7,10,12-14H2,1-2H3,(H,23,26)/t17-,18+,19?. The van der Waals surface area contributed by atoms with E-state index in [1.165, 1.54) is 19.3 Å². The van der Waals surface area contributed by atoms with Crippen molar-refractivity contribution in [2.24, 2.45) is 17.8 Å². The van der Waals surface area contributed by atoms with Crippen LogP contribution in [0.15, 0.2) is 18.2 Å². The molecule has 5 nitrogen and oxygen atoms in total. The molecule has 0 radical (unpaired) electrons. The second kappa shape index (κ2) is 7.63. The number of rotatable bonds is 3. The van der Waals surface area contributed by atoms with Gasteiger partial charge >= 0.3 is 0 Å². The molecule has 2 aliphatic heterocycles. The van der Waals surface area contributed by atoms with Crippen LogP contribution < -0.4 is 5.32 Å². The summed E-state index contributed by atoms with van der Waals surface area (Å²) >= 11 is 0. The molecule has 1 aliphatic carbocycles. The maximum Gasteiger partial charge on any atom is 0.253 e. The highest BCUT2D eigenvalue weighted by molar-refractivity contribution is 5.98. The van der Waals surface area contributed by atoms with Crippen molar-refractivity contribution in [2.75, 3.05) is 38.5 Å². The molecule has 2 amide bonds. The van der Waals surface area contributed by atoms with Crippen molar-refractivity contribution in [3.05, 3.63) is 29.3 Å². The molecular weight excluding hydrogens is 338 g/mol. The number of nitrogens with one attached hydrogen (secondary N) is 1. The Balaban J connectivity index is 1.45. The summed E-state index contributed by atoms with van der Waals surface area (Å²) < 4.78 is 0. The molecular formula is C22H31N3O2. The molecule has 1 aromatic carbocycles. The molecule has 1 saturated carbocycles. The maximum atomic E-state index is 13.0. The third-order valence-electron chi connectivity index (χ3n) is 6.75. The van der Waals surface area contributed by atoms with Crippen LogP contribution >= 0.6 is 0 Å². The van der Waals surface area contributed by atoms with E-state index in [0.717, 1.165) is 50.3 Å². The second-order valence-corrected chi connectivity index (χ2v) is 8.78. The highest BCUT2D eigenvalue weighted by Gasteiger charge is 2.38. The molecule has 1 unspecified atom stereocenters. The van der Waals surface area contributed by atoms with E-state index in [4.69, 9.17) is 0 Å². The Hall–Kier alpha value is -1.88. The fraction of sp³-hybridized carbons (Fsp3) is 0.636. The first kappa shape index (κ1) is 18.5. The van der Waals surface area contributed by atoms with Gasteiger partial charge in [0.15, 0.2) is 0 Å². The monoisotopic (exact) mass is 369 g/mol. The molecule has 3 atom stereocenters. The second-order valence-electron chi connectivity index (χ2n) is 8.78. The molecule has 1 N–H and O–H groups in total. The summed E-state index contributed by atoms with van der Waals surface area (Å²) in [6, 6.07) is 5.72. The van der Waals surface area contributed by atoms with Crippen molar-refractivity contribution in [1.29, 1.82) is 0 Å². The molecule has 5 heteroatoms. The summed E-state index contributed by atoms with van der Waals surface area (Å²) in [7, 11) is 2.06. The summed E-state index contributed by atoms with van der Waals surface area (Å²) in [4.78, 5) is 29.9. The number of piperidine rings is 1. The zero-order valence-corrected chi connectivity index (χ0v) is 16.5. The van der Waals surface area contributed by atoms with Crippen LogP contribution in [0.2, 0.25) is 0 Å². The lowest BCUT2D eigenvalue weighted by Crippen LogP contribution is -2.38. The predicted octanol–water partition coefficient (Wildman–Crippen LogP) is 3.15. The number of carbonyl (C=O) groups is 2. The van der Waals surface area contributed by atoms with Gasteiger partial charge in [-0.2, -0.15) is 0 Å². The Morgan fingerprint density at radius 3 is 2.48 bits per heavy atom.